The van der Waals surface area contributed by atoms with Crippen molar-refractivity contribution < 1.29 is 0 Å². The fourth-order valence-corrected chi connectivity index (χ4v) is 1.94. The normalized spacial score (nSPS) is 11.1. The maximum atomic E-state index is 11.6. The van der Waals surface area contributed by atoms with Gasteiger partial charge in [0.2, 0.25) is 0 Å². The molecule has 0 unspecified atom stereocenters. The van der Waals surface area contributed by atoms with Gasteiger partial charge in [0.05, 0.1) is 12.2 Å². The van der Waals surface area contributed by atoms with Gasteiger partial charge in [-0.2, -0.15) is 0 Å². The van der Waals surface area contributed by atoms with Gasteiger partial charge in [-0.1, -0.05) is 25.1 Å². The highest BCUT2D eigenvalue weighted by Gasteiger charge is 2.13. The van der Waals surface area contributed by atoms with Crippen LogP contribution in [0.1, 0.15) is 25.5 Å². The van der Waals surface area contributed by atoms with Gasteiger partial charge in [0.1, 0.15) is 0 Å². The lowest BCUT2D eigenvalue weighted by Gasteiger charge is -2.10. The Morgan fingerprint density at radius 1 is 1.33 bits per heavy atom. The van der Waals surface area contributed by atoms with Gasteiger partial charge in [-0.15, -0.1) is 5.10 Å². The minimum Gasteiger partial charge on any atom is -0.381 e. The van der Waals surface area contributed by atoms with Crippen molar-refractivity contribution >= 4 is 5.82 Å². The summed E-state index contributed by atoms with van der Waals surface area (Å²) in [6.45, 7) is 5.23. The lowest BCUT2D eigenvalue weighted by atomic mass is 10.1. The van der Waals surface area contributed by atoms with E-state index in [0.717, 1.165) is 5.69 Å². The molecule has 0 atom stereocenters. The number of nitrogens with two attached hydrogens (primary N) is 1. The second-order valence-corrected chi connectivity index (χ2v) is 4.47. The Balaban J connectivity index is 2.16. The number of rotatable bonds is 4. The molecule has 2 aromatic heterocycles. The largest absolute Gasteiger partial charge is 0.381 e. The van der Waals surface area contributed by atoms with E-state index in [-0.39, 0.29) is 11.5 Å². The fraction of sp³-hybridized carbons (Fsp3) is 0.417. The van der Waals surface area contributed by atoms with E-state index in [4.69, 9.17) is 5.73 Å². The first-order valence-corrected chi connectivity index (χ1v) is 5.94. The number of aryl methyl sites for hydroxylation is 2. The van der Waals surface area contributed by atoms with Crippen molar-refractivity contribution in [1.29, 1.82) is 0 Å². The molecule has 0 saturated carbocycles. The van der Waals surface area contributed by atoms with Crippen molar-refractivity contribution in [2.24, 2.45) is 0 Å². The summed E-state index contributed by atoms with van der Waals surface area (Å²) in [7, 11) is 0. The van der Waals surface area contributed by atoms with Crippen LogP contribution in [0.5, 0.6) is 0 Å². The van der Waals surface area contributed by atoms with E-state index in [2.05, 4.69) is 10.3 Å². The van der Waals surface area contributed by atoms with Gasteiger partial charge in [-0.3, -0.25) is 4.79 Å². The van der Waals surface area contributed by atoms with Crippen molar-refractivity contribution in [2.75, 3.05) is 5.73 Å². The van der Waals surface area contributed by atoms with Crippen molar-refractivity contribution in [3.8, 4) is 0 Å². The monoisotopic (exact) mass is 247 g/mol. The van der Waals surface area contributed by atoms with Crippen LogP contribution in [-0.4, -0.2) is 19.6 Å². The predicted molar refractivity (Wildman–Crippen MR) is 69.2 cm³/mol. The number of nitrogens with zero attached hydrogens (tertiary/aromatic N) is 4. The minimum atomic E-state index is -0.0170. The highest BCUT2D eigenvalue weighted by molar-refractivity contribution is 5.35. The third-order valence-corrected chi connectivity index (χ3v) is 2.80. The van der Waals surface area contributed by atoms with Crippen LogP contribution < -0.4 is 11.3 Å². The van der Waals surface area contributed by atoms with Crippen molar-refractivity contribution in [2.45, 2.75) is 32.9 Å². The second-order valence-electron chi connectivity index (χ2n) is 4.47. The van der Waals surface area contributed by atoms with E-state index < -0.39 is 0 Å². The molecule has 18 heavy (non-hydrogen) atoms. The minimum absolute atomic E-state index is 0.0170. The summed E-state index contributed by atoms with van der Waals surface area (Å²) >= 11 is 0. The third-order valence-electron chi connectivity index (χ3n) is 2.80. The average Bonchev–Trinajstić information content (AvgIpc) is 2.69. The van der Waals surface area contributed by atoms with Gasteiger partial charge >= 0.3 is 0 Å². The summed E-state index contributed by atoms with van der Waals surface area (Å²) in [5.41, 5.74) is 6.68. The number of pyridine rings is 1. The molecular weight excluding hydrogens is 230 g/mol. The molecular formula is C12H17N5O. The zero-order valence-corrected chi connectivity index (χ0v) is 10.6. The molecule has 0 aliphatic rings. The molecule has 0 aliphatic carbocycles. The average molecular weight is 247 g/mol. The summed E-state index contributed by atoms with van der Waals surface area (Å²) in [5, 5.41) is 7.88. The summed E-state index contributed by atoms with van der Waals surface area (Å²) < 4.78 is 3.40. The lowest BCUT2D eigenvalue weighted by molar-refractivity contribution is 0.488. The Labute approximate surface area is 105 Å². The zero-order chi connectivity index (χ0) is 13.1. The third kappa shape index (κ3) is 2.42. The van der Waals surface area contributed by atoms with E-state index >= 15 is 0 Å². The quantitative estimate of drug-likeness (QED) is 0.868. The topological polar surface area (TPSA) is 78.7 Å². The molecule has 0 bridgehead atoms. The molecule has 96 valence electrons. The smallest absolute Gasteiger partial charge is 0.250 e. The molecule has 2 rings (SSSR count). The highest BCUT2D eigenvalue weighted by atomic mass is 16.1. The molecule has 0 spiro atoms. The molecule has 2 aromatic rings. The van der Waals surface area contributed by atoms with Crippen LogP contribution in [0.4, 0.5) is 5.82 Å². The van der Waals surface area contributed by atoms with Crippen molar-refractivity contribution in [3.63, 3.8) is 0 Å². The Morgan fingerprint density at radius 3 is 2.78 bits per heavy atom. The highest BCUT2D eigenvalue weighted by Crippen LogP contribution is 2.18. The lowest BCUT2D eigenvalue weighted by Crippen LogP contribution is -2.21. The van der Waals surface area contributed by atoms with E-state index in [0.29, 0.717) is 18.9 Å². The molecule has 2 N–H and O–H groups in total. The van der Waals surface area contributed by atoms with Gasteiger partial charge < -0.3 is 10.3 Å². The molecule has 0 aliphatic heterocycles. The molecule has 2 heterocycles. The molecule has 6 heteroatoms. The van der Waals surface area contributed by atoms with Crippen LogP contribution in [0.15, 0.2) is 29.2 Å². The fourth-order valence-electron chi connectivity index (χ4n) is 1.94. The first-order valence-electron chi connectivity index (χ1n) is 5.94. The molecule has 0 saturated heterocycles. The maximum absolute atomic E-state index is 11.6. The molecule has 0 amide bonds. The van der Waals surface area contributed by atoms with E-state index in [1.807, 2.05) is 19.9 Å². The van der Waals surface area contributed by atoms with Gasteiger partial charge in [0.15, 0.2) is 5.82 Å². The summed E-state index contributed by atoms with van der Waals surface area (Å²) in [6, 6.07) is 5.10. The van der Waals surface area contributed by atoms with Crippen LogP contribution in [0.3, 0.4) is 0 Å². The number of hydrogen-bond acceptors (Lipinski definition) is 4. The molecule has 0 fully saturated rings. The SMILES string of the molecule is CC(C)c1c(N)nnn1CCn1ccccc1=O. The summed E-state index contributed by atoms with van der Waals surface area (Å²) in [6.07, 6.45) is 1.76. The number of aromatic nitrogens is 4. The Hall–Kier alpha value is -2.11. The number of nitrogen functional groups attached to an aromatic ring is 1. The van der Waals surface area contributed by atoms with Crippen LogP contribution in [-0.2, 0) is 13.1 Å². The molecule has 0 radical (unpaired) electrons. The summed E-state index contributed by atoms with van der Waals surface area (Å²) in [4.78, 5) is 11.6. The van der Waals surface area contributed by atoms with E-state index in [1.54, 1.807) is 27.6 Å². The predicted octanol–water partition coefficient (Wildman–Crippen LogP) is 0.846. The first-order chi connectivity index (χ1) is 8.59. The molecule has 0 aromatic carbocycles. The van der Waals surface area contributed by atoms with Crippen LogP contribution in [0.25, 0.3) is 0 Å². The van der Waals surface area contributed by atoms with E-state index in [9.17, 15) is 4.79 Å². The van der Waals surface area contributed by atoms with Gasteiger partial charge in [0.25, 0.3) is 5.56 Å². The van der Waals surface area contributed by atoms with E-state index in [1.165, 1.54) is 0 Å². The van der Waals surface area contributed by atoms with Crippen LogP contribution in [0.2, 0.25) is 0 Å². The van der Waals surface area contributed by atoms with Crippen molar-refractivity contribution in [1.82, 2.24) is 19.6 Å². The van der Waals surface area contributed by atoms with Crippen LogP contribution >= 0.6 is 0 Å². The Morgan fingerprint density at radius 2 is 2.11 bits per heavy atom. The van der Waals surface area contributed by atoms with Gasteiger partial charge in [-0.25, -0.2) is 4.68 Å². The van der Waals surface area contributed by atoms with Crippen molar-refractivity contribution in [3.05, 3.63) is 40.4 Å². The Kier molecular flexibility index (Phi) is 3.45. The maximum Gasteiger partial charge on any atom is 0.250 e. The first kappa shape index (κ1) is 12.3. The summed E-state index contributed by atoms with van der Waals surface area (Å²) in [5.74, 6) is 0.720. The Bertz CT molecular complexity index is 584. The van der Waals surface area contributed by atoms with Gasteiger partial charge in [-0.05, 0) is 12.0 Å². The second kappa shape index (κ2) is 5.03. The van der Waals surface area contributed by atoms with Crippen LogP contribution in [0, 0.1) is 0 Å². The zero-order valence-electron chi connectivity index (χ0n) is 10.6. The standard InChI is InChI=1S/C12H17N5O/c1-9(2)11-12(13)14-15-17(11)8-7-16-6-4-3-5-10(16)18/h3-6,9H,7-8,13H2,1-2H3. The van der Waals surface area contributed by atoms with Gasteiger partial charge in [0, 0.05) is 18.8 Å². The molecule has 6 nitrogen and oxygen atoms in total. The number of anilines is 1. The number of hydrogen-bond donors (Lipinski definition) is 1.